The van der Waals surface area contributed by atoms with Gasteiger partial charge in [-0.2, -0.15) is 10.2 Å². The van der Waals surface area contributed by atoms with Gasteiger partial charge in [-0.25, -0.2) is 0 Å². The van der Waals surface area contributed by atoms with E-state index in [1.165, 1.54) is 23.1 Å². The topological polar surface area (TPSA) is 25.8 Å². The number of thioether (sulfide) groups is 1. The maximum Gasteiger partial charge on any atom is 0.0484 e. The molecule has 1 radical (unpaired) electrons. The van der Waals surface area contributed by atoms with Gasteiger partial charge in [-0.3, -0.25) is 6.26 Å². The van der Waals surface area contributed by atoms with Gasteiger partial charge in [0, 0.05) is 37.0 Å². The summed E-state index contributed by atoms with van der Waals surface area (Å²) in [6, 6.07) is 0. The fourth-order valence-corrected chi connectivity index (χ4v) is 1.58. The summed E-state index contributed by atoms with van der Waals surface area (Å²) in [5.41, 5.74) is 0. The second kappa shape index (κ2) is 4.96. The van der Waals surface area contributed by atoms with E-state index in [4.69, 9.17) is 12.6 Å². The molecule has 0 fully saturated rings. The molecule has 2 nitrogen and oxygen atoms in total. The van der Waals surface area contributed by atoms with Crippen LogP contribution in [-0.4, -0.2) is 10.2 Å². The second-order valence-corrected chi connectivity index (χ2v) is 3.53. The number of hydrogen-bond donors (Lipinski definition) is 0. The normalized spacial score (nSPS) is 8.56. The summed E-state index contributed by atoms with van der Waals surface area (Å²) < 4.78 is 1.41. The van der Waals surface area contributed by atoms with Crippen molar-refractivity contribution < 1.29 is 32.7 Å². The zero-order valence-corrected chi connectivity index (χ0v) is 9.69. The predicted octanol–water partition coefficient (Wildman–Crippen LogP) is 1.33. The van der Waals surface area contributed by atoms with E-state index in [1.54, 1.807) is 0 Å². The van der Waals surface area contributed by atoms with Crippen LogP contribution < -0.4 is 0 Å². The molecule has 0 unspecified atom stereocenters. The molecule has 0 atom stereocenters. The largest absolute Gasteiger partial charge is 0.406 e. The molecule has 6 heteroatoms. The van der Waals surface area contributed by atoms with Gasteiger partial charge in [0.1, 0.15) is 0 Å². The van der Waals surface area contributed by atoms with Gasteiger partial charge in [0.05, 0.1) is 0 Å². The molecule has 0 bridgehead atoms. The minimum absolute atomic E-state index is 0. The Labute approximate surface area is 92.5 Å². The van der Waals surface area contributed by atoms with Crippen molar-refractivity contribution >= 4 is 35.7 Å². The maximum absolute atomic E-state index is 4.70. The summed E-state index contributed by atoms with van der Waals surface area (Å²) in [6.45, 7) is 0. The van der Waals surface area contributed by atoms with E-state index in [2.05, 4.69) is 16.5 Å². The molecule has 1 aromatic rings. The van der Waals surface area contributed by atoms with E-state index < -0.39 is 0 Å². The summed E-state index contributed by atoms with van der Waals surface area (Å²) >= 11 is 7.40. The van der Waals surface area contributed by atoms with Gasteiger partial charge in [0.15, 0.2) is 0 Å². The predicted molar refractivity (Wildman–Crippen MR) is 36.8 cm³/mol. The fraction of sp³-hybridized carbons (Fsp3) is 0. The Hall–Kier alpha value is 1.23. The minimum atomic E-state index is 0. The Balaban J connectivity index is 0.000000640. The zero-order chi connectivity index (χ0) is 5.98. The maximum atomic E-state index is 4.70. The third-order valence-corrected chi connectivity index (χ3v) is 2.29. The average Bonchev–Trinajstić information content (AvgIpc) is 2.14. The molecule has 47 valence electrons. The minimum Gasteiger partial charge on any atom is -0.406 e. The van der Waals surface area contributed by atoms with E-state index >= 15 is 0 Å². The van der Waals surface area contributed by atoms with Crippen LogP contribution in [0, 0.1) is 6.26 Å². The summed E-state index contributed by atoms with van der Waals surface area (Å²) in [5.74, 6) is 0. The van der Waals surface area contributed by atoms with Gasteiger partial charge in [-0.1, -0.05) is 0 Å². The second-order valence-electron chi connectivity index (χ2n) is 0.978. The third-order valence-electron chi connectivity index (χ3n) is 0.511. The van der Waals surface area contributed by atoms with Crippen LogP contribution in [0.4, 0.5) is 0 Å². The number of aromatic nitrogens is 2. The van der Waals surface area contributed by atoms with Crippen molar-refractivity contribution in [3.05, 3.63) is 6.26 Å². The van der Waals surface area contributed by atoms with Gasteiger partial charge < -0.3 is 35.7 Å². The van der Waals surface area contributed by atoms with E-state index in [0.717, 1.165) is 4.34 Å². The Kier molecular flexibility index (Phi) is 5.64. The van der Waals surface area contributed by atoms with Crippen LogP contribution >= 0.6 is 23.1 Å². The first kappa shape index (κ1) is 10.2. The first-order valence-corrected chi connectivity index (χ1v) is 3.96. The van der Waals surface area contributed by atoms with Crippen LogP contribution in [0.2, 0.25) is 0 Å². The molecule has 0 N–H and O–H groups in total. The molecule has 1 heterocycles. The van der Waals surface area contributed by atoms with Gasteiger partial charge in [0.2, 0.25) is 0 Å². The van der Waals surface area contributed by atoms with E-state index in [0.29, 0.717) is 4.34 Å². The SMILES string of the molecule is [CH2-]Sc1nnc([S-])s1.[Y]. The number of hydrogen-bond acceptors (Lipinski definition) is 5. The summed E-state index contributed by atoms with van der Waals surface area (Å²) in [6.07, 6.45) is 3.55. The van der Waals surface area contributed by atoms with E-state index in [-0.39, 0.29) is 32.7 Å². The van der Waals surface area contributed by atoms with Crippen LogP contribution in [0.25, 0.3) is 0 Å². The molecule has 0 aliphatic carbocycles. The van der Waals surface area contributed by atoms with Crippen LogP contribution in [0.1, 0.15) is 0 Å². The average molecular weight is 251 g/mol. The summed E-state index contributed by atoms with van der Waals surface area (Å²) in [5, 5.41) is 7.31. The van der Waals surface area contributed by atoms with Gasteiger partial charge in [-0.05, 0) is 4.34 Å². The van der Waals surface area contributed by atoms with Crippen LogP contribution in [-0.2, 0) is 45.3 Å². The molecule has 1 aromatic heterocycles. The number of rotatable bonds is 1. The van der Waals surface area contributed by atoms with Crippen LogP contribution in [0.3, 0.4) is 0 Å². The Morgan fingerprint density at radius 2 is 2.22 bits per heavy atom. The van der Waals surface area contributed by atoms with E-state index in [1.807, 2.05) is 0 Å². The quantitative estimate of drug-likeness (QED) is 0.427. The Bertz CT molecular complexity index is 177. The van der Waals surface area contributed by atoms with Gasteiger partial charge in [-0.15, -0.1) is 0 Å². The molecule has 0 aromatic carbocycles. The van der Waals surface area contributed by atoms with Crippen molar-refractivity contribution in [1.29, 1.82) is 0 Å². The molecule has 0 aliphatic heterocycles. The molecule has 0 amide bonds. The summed E-state index contributed by atoms with van der Waals surface area (Å²) in [7, 11) is 0. The number of nitrogens with zero attached hydrogens (tertiary/aromatic N) is 2. The van der Waals surface area contributed by atoms with Gasteiger partial charge in [0.25, 0.3) is 0 Å². The zero-order valence-electron chi connectivity index (χ0n) is 4.40. The smallest absolute Gasteiger partial charge is 0.0484 e. The molecular formula is C3H2N2S3Y-2. The van der Waals surface area contributed by atoms with Crippen molar-refractivity contribution in [1.82, 2.24) is 10.2 Å². The van der Waals surface area contributed by atoms with Crippen LogP contribution in [0.15, 0.2) is 8.68 Å². The van der Waals surface area contributed by atoms with Crippen molar-refractivity contribution in [2.75, 3.05) is 0 Å². The molecule has 0 aliphatic rings. The Morgan fingerprint density at radius 3 is 2.44 bits per heavy atom. The first-order chi connectivity index (χ1) is 3.83. The molecule has 1 rings (SSSR count). The van der Waals surface area contributed by atoms with Crippen molar-refractivity contribution in [3.8, 4) is 0 Å². The summed E-state index contributed by atoms with van der Waals surface area (Å²) in [4.78, 5) is 0. The fourth-order valence-electron chi connectivity index (χ4n) is 0.255. The molecule has 0 spiro atoms. The monoisotopic (exact) mass is 251 g/mol. The van der Waals surface area contributed by atoms with Crippen molar-refractivity contribution in [2.24, 2.45) is 0 Å². The Morgan fingerprint density at radius 1 is 1.56 bits per heavy atom. The van der Waals surface area contributed by atoms with Crippen molar-refractivity contribution in [3.63, 3.8) is 0 Å². The van der Waals surface area contributed by atoms with Crippen LogP contribution in [0.5, 0.6) is 0 Å². The van der Waals surface area contributed by atoms with Gasteiger partial charge >= 0.3 is 0 Å². The third kappa shape index (κ3) is 3.23. The molecule has 0 saturated carbocycles. The first-order valence-electron chi connectivity index (χ1n) is 1.75. The van der Waals surface area contributed by atoms with Crippen molar-refractivity contribution in [2.45, 2.75) is 8.68 Å². The molecular weight excluding hydrogens is 249 g/mol. The van der Waals surface area contributed by atoms with E-state index in [9.17, 15) is 0 Å². The molecule has 9 heavy (non-hydrogen) atoms. The molecule has 0 saturated heterocycles. The standard InChI is InChI=1S/C3H3N2S3.Y/c1-7-3-5-4-2(6)8-3;/h1H2,(H,4,6);/q-1;/p-1.